The van der Waals surface area contributed by atoms with E-state index in [9.17, 15) is 4.79 Å². The Morgan fingerprint density at radius 1 is 1.53 bits per heavy atom. The third-order valence-electron chi connectivity index (χ3n) is 3.72. The lowest BCUT2D eigenvalue weighted by atomic mass is 10.1. The number of piperazine rings is 1. The average molecular weight is 240 g/mol. The molecule has 6 heteroatoms. The molecule has 96 valence electrons. The molecular formula is C11H20N4O2. The monoisotopic (exact) mass is 240 g/mol. The van der Waals surface area contributed by atoms with Gasteiger partial charge in [-0.1, -0.05) is 5.16 Å². The Balaban J connectivity index is 1.98. The number of rotatable bonds is 2. The number of hydrogen-bond acceptors (Lipinski definition) is 4. The number of nitrogens with two attached hydrogens (primary N) is 1. The first-order valence-corrected chi connectivity index (χ1v) is 6.11. The van der Waals surface area contributed by atoms with Crippen LogP contribution in [-0.2, 0) is 4.79 Å². The van der Waals surface area contributed by atoms with Crippen molar-refractivity contribution in [3.8, 4) is 0 Å². The zero-order valence-corrected chi connectivity index (χ0v) is 10.2. The molecular weight excluding hydrogens is 220 g/mol. The molecule has 6 nitrogen and oxygen atoms in total. The van der Waals surface area contributed by atoms with Gasteiger partial charge in [0.15, 0.2) is 0 Å². The van der Waals surface area contributed by atoms with E-state index in [1.54, 1.807) is 0 Å². The number of carbonyl (C=O) groups excluding carboxylic acids is 1. The molecule has 3 N–H and O–H groups in total. The zero-order valence-electron chi connectivity index (χ0n) is 10.2. The van der Waals surface area contributed by atoms with E-state index < -0.39 is 0 Å². The zero-order chi connectivity index (χ0) is 12.4. The molecule has 2 rings (SSSR count). The van der Waals surface area contributed by atoms with Gasteiger partial charge in [0, 0.05) is 25.2 Å². The summed E-state index contributed by atoms with van der Waals surface area (Å²) in [6, 6.07) is 0.714. The molecule has 2 aliphatic rings. The van der Waals surface area contributed by atoms with Gasteiger partial charge in [-0.25, -0.2) is 0 Å². The summed E-state index contributed by atoms with van der Waals surface area (Å²) in [4.78, 5) is 16.3. The molecule has 1 amide bonds. The molecule has 0 aromatic carbocycles. The molecule has 0 bridgehead atoms. The van der Waals surface area contributed by atoms with E-state index >= 15 is 0 Å². The molecule has 2 aliphatic heterocycles. The normalized spacial score (nSPS) is 30.4. The van der Waals surface area contributed by atoms with Crippen LogP contribution in [0.5, 0.6) is 0 Å². The van der Waals surface area contributed by atoms with Crippen molar-refractivity contribution in [3.05, 3.63) is 0 Å². The summed E-state index contributed by atoms with van der Waals surface area (Å²) < 4.78 is 0. The maximum Gasteiger partial charge on any atom is 0.230 e. The highest BCUT2D eigenvalue weighted by Crippen LogP contribution is 2.24. The average Bonchev–Trinajstić information content (AvgIpc) is 2.74. The van der Waals surface area contributed by atoms with E-state index in [1.807, 2.05) is 4.90 Å². The van der Waals surface area contributed by atoms with Crippen molar-refractivity contribution >= 4 is 11.7 Å². The van der Waals surface area contributed by atoms with Gasteiger partial charge in [0.1, 0.15) is 5.84 Å². The van der Waals surface area contributed by atoms with Crippen molar-refractivity contribution in [2.75, 3.05) is 19.6 Å². The van der Waals surface area contributed by atoms with E-state index in [2.05, 4.69) is 17.0 Å². The molecule has 2 fully saturated rings. The number of amides is 1. The predicted molar refractivity (Wildman–Crippen MR) is 63.8 cm³/mol. The van der Waals surface area contributed by atoms with Crippen LogP contribution in [0.2, 0.25) is 0 Å². The second-order valence-electron chi connectivity index (χ2n) is 4.95. The van der Waals surface area contributed by atoms with Crippen LogP contribution in [0.25, 0.3) is 0 Å². The van der Waals surface area contributed by atoms with Crippen molar-refractivity contribution < 1.29 is 10.0 Å². The summed E-state index contributed by atoms with van der Waals surface area (Å²) in [5.74, 6) is -0.0598. The molecule has 0 saturated carbocycles. The molecule has 0 aromatic rings. The van der Waals surface area contributed by atoms with Crippen LogP contribution in [0.4, 0.5) is 0 Å². The van der Waals surface area contributed by atoms with E-state index in [-0.39, 0.29) is 24.2 Å². The van der Waals surface area contributed by atoms with Crippen LogP contribution in [0.15, 0.2) is 5.16 Å². The van der Waals surface area contributed by atoms with Crippen LogP contribution in [0, 0.1) is 0 Å². The van der Waals surface area contributed by atoms with Gasteiger partial charge in [0.2, 0.25) is 5.91 Å². The molecule has 0 radical (unpaired) electrons. The summed E-state index contributed by atoms with van der Waals surface area (Å²) in [6.07, 6.45) is 2.40. The lowest BCUT2D eigenvalue weighted by molar-refractivity contribution is -0.135. The first-order valence-electron chi connectivity index (χ1n) is 6.11. The Morgan fingerprint density at radius 2 is 2.29 bits per heavy atom. The number of oxime groups is 1. The van der Waals surface area contributed by atoms with E-state index in [4.69, 9.17) is 10.9 Å². The summed E-state index contributed by atoms with van der Waals surface area (Å²) in [5.41, 5.74) is 5.37. The highest BCUT2D eigenvalue weighted by molar-refractivity contribution is 5.98. The smallest absolute Gasteiger partial charge is 0.230 e. The van der Waals surface area contributed by atoms with Gasteiger partial charge in [-0.05, 0) is 26.3 Å². The molecule has 2 heterocycles. The maximum atomic E-state index is 12.0. The van der Waals surface area contributed by atoms with E-state index in [0.717, 1.165) is 19.6 Å². The number of carbonyl (C=O) groups is 1. The predicted octanol–water partition coefficient (Wildman–Crippen LogP) is -0.182. The third kappa shape index (κ3) is 2.52. The van der Waals surface area contributed by atoms with Crippen molar-refractivity contribution in [1.82, 2.24) is 9.80 Å². The summed E-state index contributed by atoms with van der Waals surface area (Å²) in [7, 11) is 0. The van der Waals surface area contributed by atoms with Crippen molar-refractivity contribution in [3.63, 3.8) is 0 Å². The van der Waals surface area contributed by atoms with Crippen LogP contribution < -0.4 is 5.73 Å². The number of fused-ring (bicyclic) bond motifs is 1. The number of amidine groups is 1. The van der Waals surface area contributed by atoms with Gasteiger partial charge in [0.05, 0.1) is 6.42 Å². The third-order valence-corrected chi connectivity index (χ3v) is 3.72. The second kappa shape index (κ2) is 4.91. The van der Waals surface area contributed by atoms with Crippen molar-refractivity contribution in [1.29, 1.82) is 0 Å². The minimum absolute atomic E-state index is 0.00750. The minimum atomic E-state index is -0.0423. The fraction of sp³-hybridized carbons (Fsp3) is 0.818. The van der Waals surface area contributed by atoms with E-state index in [1.165, 1.54) is 12.8 Å². The largest absolute Gasteiger partial charge is 0.409 e. The Kier molecular flexibility index (Phi) is 3.51. The lowest BCUT2D eigenvalue weighted by Crippen LogP contribution is -2.57. The Bertz CT molecular complexity index is 331. The molecule has 2 atom stereocenters. The Morgan fingerprint density at radius 3 is 3.00 bits per heavy atom. The van der Waals surface area contributed by atoms with Gasteiger partial charge in [-0.2, -0.15) is 0 Å². The molecule has 2 saturated heterocycles. The summed E-state index contributed by atoms with van der Waals surface area (Å²) >= 11 is 0. The molecule has 0 aliphatic carbocycles. The van der Waals surface area contributed by atoms with Crippen molar-refractivity contribution in [2.24, 2.45) is 10.9 Å². The topological polar surface area (TPSA) is 82.2 Å². The summed E-state index contributed by atoms with van der Waals surface area (Å²) in [5, 5.41) is 11.3. The van der Waals surface area contributed by atoms with Crippen LogP contribution in [0.1, 0.15) is 26.2 Å². The SMILES string of the molecule is CC1CN2CCCC2CN1C(=O)CC(N)=NO. The fourth-order valence-corrected chi connectivity index (χ4v) is 2.83. The Hall–Kier alpha value is -1.30. The van der Waals surface area contributed by atoms with Crippen molar-refractivity contribution in [2.45, 2.75) is 38.3 Å². The quantitative estimate of drug-likeness (QED) is 0.303. The first-order chi connectivity index (χ1) is 8.11. The number of hydrogen-bond donors (Lipinski definition) is 2. The van der Waals surface area contributed by atoms with Gasteiger partial charge in [-0.15, -0.1) is 0 Å². The number of nitrogens with zero attached hydrogens (tertiary/aromatic N) is 3. The molecule has 0 spiro atoms. The van der Waals surface area contributed by atoms with E-state index in [0.29, 0.717) is 6.04 Å². The highest BCUT2D eigenvalue weighted by Gasteiger charge is 2.36. The van der Waals surface area contributed by atoms with Crippen LogP contribution in [-0.4, -0.2) is 58.5 Å². The van der Waals surface area contributed by atoms with Gasteiger partial charge < -0.3 is 15.8 Å². The van der Waals surface area contributed by atoms with Gasteiger partial charge in [0.25, 0.3) is 0 Å². The Labute approximate surface area is 101 Å². The molecule has 2 unspecified atom stereocenters. The van der Waals surface area contributed by atoms with Gasteiger partial charge >= 0.3 is 0 Å². The minimum Gasteiger partial charge on any atom is -0.409 e. The standard InChI is InChI=1S/C11H20N4O2/c1-8-6-14-4-2-3-9(14)7-15(8)11(16)5-10(12)13-17/h8-9,17H,2-7H2,1H3,(H2,12,13). The fourth-order valence-electron chi connectivity index (χ4n) is 2.83. The molecule has 0 aromatic heterocycles. The van der Waals surface area contributed by atoms with Gasteiger partial charge in [-0.3, -0.25) is 9.69 Å². The first kappa shape index (κ1) is 12.2. The second-order valence-corrected chi connectivity index (χ2v) is 4.95. The molecule has 17 heavy (non-hydrogen) atoms. The lowest BCUT2D eigenvalue weighted by Gasteiger charge is -2.42. The highest BCUT2D eigenvalue weighted by atomic mass is 16.4. The maximum absolute atomic E-state index is 12.0. The summed E-state index contributed by atoms with van der Waals surface area (Å²) in [6.45, 7) is 4.92. The van der Waals surface area contributed by atoms with Crippen LogP contribution >= 0.6 is 0 Å². The van der Waals surface area contributed by atoms with Crippen LogP contribution in [0.3, 0.4) is 0 Å².